The molecule has 0 saturated carbocycles. The number of halogens is 3. The van der Waals surface area contributed by atoms with Crippen LogP contribution in [-0.2, 0) is 0 Å². The summed E-state index contributed by atoms with van der Waals surface area (Å²) in [7, 11) is 0. The molecule has 0 amide bonds. The molecule has 9 heteroatoms. The summed E-state index contributed by atoms with van der Waals surface area (Å²) < 4.78 is 32.2. The second kappa shape index (κ2) is 5.95. The molecule has 2 aromatic rings. The third-order valence-corrected chi connectivity index (χ3v) is 3.45. The van der Waals surface area contributed by atoms with Crippen LogP contribution in [0.4, 0.5) is 20.2 Å². The van der Waals surface area contributed by atoms with Crippen molar-refractivity contribution in [1.82, 2.24) is 0 Å². The van der Waals surface area contributed by atoms with Crippen LogP contribution >= 0.6 is 15.9 Å². The van der Waals surface area contributed by atoms with Crippen LogP contribution in [0.3, 0.4) is 0 Å². The lowest BCUT2D eigenvalue weighted by atomic mass is 10.2. The summed E-state index contributed by atoms with van der Waals surface area (Å²) in [6, 6.07) is 5.46. The van der Waals surface area contributed by atoms with Gasteiger partial charge in [-0.1, -0.05) is 0 Å². The summed E-state index contributed by atoms with van der Waals surface area (Å²) in [6.07, 6.45) is 0. The predicted octanol–water partition coefficient (Wildman–Crippen LogP) is 3.88. The molecule has 2 aromatic carbocycles. The molecule has 0 fully saturated rings. The number of nitro benzene ring substituents is 1. The second-order valence-electron chi connectivity index (χ2n) is 4.05. The molecular formula is C13H6BrF2N3O3. The number of nitrogens with two attached hydrogens (primary N) is 1. The number of rotatable bonds is 3. The maximum absolute atomic E-state index is 13.9. The Morgan fingerprint density at radius 1 is 1.32 bits per heavy atom. The van der Waals surface area contributed by atoms with Gasteiger partial charge in [0.1, 0.15) is 23.3 Å². The van der Waals surface area contributed by atoms with Gasteiger partial charge < -0.3 is 10.5 Å². The van der Waals surface area contributed by atoms with E-state index in [-0.39, 0.29) is 21.5 Å². The topological polar surface area (TPSA) is 102 Å². The Morgan fingerprint density at radius 2 is 2.00 bits per heavy atom. The molecule has 2 rings (SSSR count). The van der Waals surface area contributed by atoms with Crippen LogP contribution in [0.15, 0.2) is 28.7 Å². The highest BCUT2D eigenvalue weighted by atomic mass is 79.9. The number of ether oxygens (including phenoxy) is 1. The zero-order valence-electron chi connectivity index (χ0n) is 10.6. The molecule has 0 saturated heterocycles. The lowest BCUT2D eigenvalue weighted by molar-refractivity contribution is -0.384. The van der Waals surface area contributed by atoms with Gasteiger partial charge in [0.2, 0.25) is 0 Å². The maximum Gasteiger partial charge on any atom is 0.296 e. The van der Waals surface area contributed by atoms with Gasteiger partial charge in [-0.25, -0.2) is 8.78 Å². The van der Waals surface area contributed by atoms with Gasteiger partial charge in [0.05, 0.1) is 21.0 Å². The van der Waals surface area contributed by atoms with E-state index in [1.807, 2.05) is 0 Å². The van der Waals surface area contributed by atoms with Crippen LogP contribution in [0, 0.1) is 33.1 Å². The Hall–Kier alpha value is -2.73. The molecule has 0 atom stereocenters. The number of nitriles is 1. The highest BCUT2D eigenvalue weighted by molar-refractivity contribution is 9.10. The number of anilines is 1. The molecule has 0 aliphatic carbocycles. The summed E-state index contributed by atoms with van der Waals surface area (Å²) in [5.74, 6) is -2.21. The number of hydrogen-bond donors (Lipinski definition) is 1. The molecule has 0 bridgehead atoms. The van der Waals surface area contributed by atoms with Crippen LogP contribution in [0.25, 0.3) is 0 Å². The van der Waals surface area contributed by atoms with Gasteiger partial charge in [-0.3, -0.25) is 10.1 Å². The van der Waals surface area contributed by atoms with Crippen molar-refractivity contribution in [3.05, 3.63) is 56.1 Å². The minimum atomic E-state index is -1.03. The van der Waals surface area contributed by atoms with E-state index in [4.69, 9.17) is 15.7 Å². The number of benzene rings is 2. The molecule has 0 unspecified atom stereocenters. The fourth-order valence-electron chi connectivity index (χ4n) is 1.62. The van der Waals surface area contributed by atoms with Crippen molar-refractivity contribution < 1.29 is 18.4 Å². The molecular weight excluding hydrogens is 364 g/mol. The summed E-state index contributed by atoms with van der Waals surface area (Å²) in [6.45, 7) is 0. The summed E-state index contributed by atoms with van der Waals surface area (Å²) in [4.78, 5) is 9.90. The SMILES string of the molecule is N#Cc1cc(Oc2c(F)cc([N+](=O)[O-])c(N)c2Br)ccc1F. The lowest BCUT2D eigenvalue weighted by Gasteiger charge is -2.11. The largest absolute Gasteiger partial charge is 0.453 e. The summed E-state index contributed by atoms with van der Waals surface area (Å²) in [5.41, 5.74) is 4.32. The number of nitrogens with zero attached hydrogens (tertiary/aromatic N) is 2. The van der Waals surface area contributed by atoms with E-state index in [9.17, 15) is 18.9 Å². The molecule has 0 aliphatic heterocycles. The summed E-state index contributed by atoms with van der Waals surface area (Å²) >= 11 is 2.92. The fourth-order valence-corrected chi connectivity index (χ4v) is 2.09. The van der Waals surface area contributed by atoms with Crippen LogP contribution < -0.4 is 10.5 Å². The molecule has 0 aromatic heterocycles. The number of hydrogen-bond acceptors (Lipinski definition) is 5. The Balaban J connectivity index is 2.49. The zero-order chi connectivity index (χ0) is 16.4. The van der Waals surface area contributed by atoms with Gasteiger partial charge in [0.25, 0.3) is 5.69 Å². The van der Waals surface area contributed by atoms with E-state index in [0.717, 1.165) is 12.1 Å². The van der Waals surface area contributed by atoms with Gasteiger partial charge >= 0.3 is 0 Å². The summed E-state index contributed by atoms with van der Waals surface area (Å²) in [5, 5.41) is 19.5. The van der Waals surface area contributed by atoms with Gasteiger partial charge in [-0.2, -0.15) is 5.26 Å². The van der Waals surface area contributed by atoms with Crippen molar-refractivity contribution in [3.63, 3.8) is 0 Å². The molecule has 0 heterocycles. The first-order valence-electron chi connectivity index (χ1n) is 5.64. The Labute approximate surface area is 131 Å². The monoisotopic (exact) mass is 369 g/mol. The minimum Gasteiger partial charge on any atom is -0.453 e. The van der Waals surface area contributed by atoms with E-state index in [1.54, 1.807) is 6.07 Å². The van der Waals surface area contributed by atoms with E-state index in [1.165, 1.54) is 6.07 Å². The third kappa shape index (κ3) is 2.82. The highest BCUT2D eigenvalue weighted by Crippen LogP contribution is 2.41. The van der Waals surface area contributed by atoms with E-state index >= 15 is 0 Å². The van der Waals surface area contributed by atoms with Crippen LogP contribution in [-0.4, -0.2) is 4.92 Å². The quantitative estimate of drug-likeness (QED) is 0.502. The van der Waals surface area contributed by atoms with Crippen molar-refractivity contribution in [2.24, 2.45) is 0 Å². The number of nitro groups is 1. The predicted molar refractivity (Wildman–Crippen MR) is 76.4 cm³/mol. The molecule has 0 radical (unpaired) electrons. The number of nitrogen functional groups attached to an aromatic ring is 1. The lowest BCUT2D eigenvalue weighted by Crippen LogP contribution is -2.01. The molecule has 112 valence electrons. The Morgan fingerprint density at radius 3 is 2.59 bits per heavy atom. The first kappa shape index (κ1) is 15.7. The highest BCUT2D eigenvalue weighted by Gasteiger charge is 2.23. The van der Waals surface area contributed by atoms with Gasteiger partial charge in [-0.15, -0.1) is 0 Å². The molecule has 22 heavy (non-hydrogen) atoms. The van der Waals surface area contributed by atoms with Crippen LogP contribution in [0.5, 0.6) is 11.5 Å². The van der Waals surface area contributed by atoms with Crippen LogP contribution in [0.1, 0.15) is 5.56 Å². The zero-order valence-corrected chi connectivity index (χ0v) is 12.2. The molecule has 6 nitrogen and oxygen atoms in total. The van der Waals surface area contributed by atoms with Gasteiger partial charge in [-0.05, 0) is 28.1 Å². The second-order valence-corrected chi connectivity index (χ2v) is 4.84. The van der Waals surface area contributed by atoms with Crippen LogP contribution in [0.2, 0.25) is 0 Å². The first-order valence-corrected chi connectivity index (χ1v) is 6.43. The van der Waals surface area contributed by atoms with Crippen molar-refractivity contribution >= 4 is 27.3 Å². The fraction of sp³-hybridized carbons (Fsp3) is 0. The molecule has 0 spiro atoms. The smallest absolute Gasteiger partial charge is 0.296 e. The molecule has 2 N–H and O–H groups in total. The van der Waals surface area contributed by atoms with Gasteiger partial charge in [0.15, 0.2) is 11.6 Å². The average Bonchev–Trinajstić information content (AvgIpc) is 2.48. The normalized spacial score (nSPS) is 10.1. The van der Waals surface area contributed by atoms with E-state index in [0.29, 0.717) is 6.07 Å². The van der Waals surface area contributed by atoms with E-state index < -0.39 is 28.0 Å². The van der Waals surface area contributed by atoms with Gasteiger partial charge in [0, 0.05) is 6.07 Å². The van der Waals surface area contributed by atoms with Crippen molar-refractivity contribution in [3.8, 4) is 17.6 Å². The Bertz CT molecular complexity index is 821. The minimum absolute atomic E-state index is 0.0224. The third-order valence-electron chi connectivity index (χ3n) is 2.67. The van der Waals surface area contributed by atoms with E-state index in [2.05, 4.69) is 15.9 Å². The standard InChI is InChI=1S/C13H6BrF2N3O3/c14-11-12(18)10(19(20)21)4-9(16)13(11)22-7-1-2-8(15)6(3-7)5-17/h1-4H,18H2. The Kier molecular flexibility index (Phi) is 4.23. The van der Waals surface area contributed by atoms with Crippen molar-refractivity contribution in [2.45, 2.75) is 0 Å². The maximum atomic E-state index is 13.9. The average molecular weight is 370 g/mol. The molecule has 0 aliphatic rings. The van der Waals surface area contributed by atoms with Crippen molar-refractivity contribution in [1.29, 1.82) is 5.26 Å². The first-order chi connectivity index (χ1) is 10.3. The van der Waals surface area contributed by atoms with Crippen molar-refractivity contribution in [2.75, 3.05) is 5.73 Å².